The van der Waals surface area contributed by atoms with Crippen LogP contribution in [0.2, 0.25) is 0 Å². The molecule has 0 radical (unpaired) electrons. The van der Waals surface area contributed by atoms with Crippen molar-refractivity contribution in [1.82, 2.24) is 4.90 Å². The molecule has 1 atom stereocenters. The lowest BCUT2D eigenvalue weighted by atomic mass is 9.99. The fourth-order valence-electron chi connectivity index (χ4n) is 2.57. The first-order chi connectivity index (χ1) is 9.31. The molecule has 0 saturated carbocycles. The standard InChI is InChI=1S/C16H21NO2/c18-13-11-15-8-4-5-12-17(15)16(19)10-9-14-6-2-1-3-7-14/h1-3,6-7,9-10,15,18H,4-5,8,11-13H2/b10-9+. The Morgan fingerprint density at radius 3 is 2.84 bits per heavy atom. The van der Waals surface area contributed by atoms with Gasteiger partial charge in [-0.1, -0.05) is 30.3 Å². The average Bonchev–Trinajstić information content (AvgIpc) is 2.47. The predicted molar refractivity (Wildman–Crippen MR) is 76.5 cm³/mol. The van der Waals surface area contributed by atoms with Crippen LogP contribution in [-0.2, 0) is 4.79 Å². The summed E-state index contributed by atoms with van der Waals surface area (Å²) in [7, 11) is 0. The van der Waals surface area contributed by atoms with Crippen LogP contribution < -0.4 is 0 Å². The van der Waals surface area contributed by atoms with Gasteiger partial charge in [0.25, 0.3) is 0 Å². The minimum Gasteiger partial charge on any atom is -0.396 e. The fraction of sp³-hybridized carbons (Fsp3) is 0.438. The lowest BCUT2D eigenvalue weighted by Gasteiger charge is -2.34. The Balaban J connectivity index is 1.99. The van der Waals surface area contributed by atoms with Crippen LogP contribution in [0.1, 0.15) is 31.2 Å². The number of carbonyl (C=O) groups excluding carboxylic acids is 1. The van der Waals surface area contributed by atoms with E-state index in [4.69, 9.17) is 5.11 Å². The Morgan fingerprint density at radius 1 is 1.32 bits per heavy atom. The molecule has 1 N–H and O–H groups in total. The van der Waals surface area contributed by atoms with Gasteiger partial charge in [0, 0.05) is 25.3 Å². The molecule has 1 aliphatic rings. The molecule has 19 heavy (non-hydrogen) atoms. The van der Waals surface area contributed by atoms with Gasteiger partial charge < -0.3 is 10.0 Å². The highest BCUT2D eigenvalue weighted by molar-refractivity contribution is 5.92. The largest absolute Gasteiger partial charge is 0.396 e. The SMILES string of the molecule is O=C(/C=C/c1ccccc1)N1CCCCC1CCO. The molecule has 0 aliphatic carbocycles. The number of benzene rings is 1. The second-order valence-electron chi connectivity index (χ2n) is 4.94. The zero-order chi connectivity index (χ0) is 13.5. The molecule has 1 amide bonds. The van der Waals surface area contributed by atoms with Crippen molar-refractivity contribution >= 4 is 12.0 Å². The van der Waals surface area contributed by atoms with Crippen molar-refractivity contribution in [3.63, 3.8) is 0 Å². The highest BCUT2D eigenvalue weighted by atomic mass is 16.3. The lowest BCUT2D eigenvalue weighted by molar-refractivity contribution is -0.129. The summed E-state index contributed by atoms with van der Waals surface area (Å²) in [5, 5.41) is 9.07. The first kappa shape index (κ1) is 13.8. The van der Waals surface area contributed by atoms with Crippen molar-refractivity contribution in [2.24, 2.45) is 0 Å². The van der Waals surface area contributed by atoms with E-state index < -0.39 is 0 Å². The van der Waals surface area contributed by atoms with E-state index in [1.807, 2.05) is 41.3 Å². The van der Waals surface area contributed by atoms with Crippen LogP contribution in [0, 0.1) is 0 Å². The van der Waals surface area contributed by atoms with Crippen molar-refractivity contribution < 1.29 is 9.90 Å². The first-order valence-electron chi connectivity index (χ1n) is 6.96. The summed E-state index contributed by atoms with van der Waals surface area (Å²) in [6, 6.07) is 10.0. The minimum atomic E-state index is 0.0574. The van der Waals surface area contributed by atoms with Gasteiger partial charge >= 0.3 is 0 Å². The molecule has 1 aromatic carbocycles. The molecule has 3 heteroatoms. The molecule has 0 aromatic heterocycles. The highest BCUT2D eigenvalue weighted by Gasteiger charge is 2.24. The summed E-state index contributed by atoms with van der Waals surface area (Å²) in [5.74, 6) is 0.0574. The summed E-state index contributed by atoms with van der Waals surface area (Å²) in [4.78, 5) is 14.1. The van der Waals surface area contributed by atoms with Gasteiger partial charge in [-0.3, -0.25) is 4.79 Å². The maximum absolute atomic E-state index is 12.2. The summed E-state index contributed by atoms with van der Waals surface area (Å²) in [5.41, 5.74) is 1.03. The number of aliphatic hydroxyl groups excluding tert-OH is 1. The highest BCUT2D eigenvalue weighted by Crippen LogP contribution is 2.20. The molecule has 3 nitrogen and oxygen atoms in total. The van der Waals surface area contributed by atoms with Crippen LogP contribution in [0.4, 0.5) is 0 Å². The van der Waals surface area contributed by atoms with E-state index in [1.165, 1.54) is 0 Å². The number of aliphatic hydroxyl groups is 1. The first-order valence-corrected chi connectivity index (χ1v) is 6.96. The number of rotatable bonds is 4. The van der Waals surface area contributed by atoms with Gasteiger partial charge in [-0.15, -0.1) is 0 Å². The number of nitrogens with zero attached hydrogens (tertiary/aromatic N) is 1. The number of likely N-dealkylation sites (tertiary alicyclic amines) is 1. The summed E-state index contributed by atoms with van der Waals surface area (Å²) >= 11 is 0. The van der Waals surface area contributed by atoms with Gasteiger partial charge in [-0.2, -0.15) is 0 Å². The van der Waals surface area contributed by atoms with Crippen LogP contribution in [0.15, 0.2) is 36.4 Å². The molecule has 0 spiro atoms. The summed E-state index contributed by atoms with van der Waals surface area (Å²) in [6.45, 7) is 0.958. The minimum absolute atomic E-state index is 0.0574. The molecule has 1 saturated heterocycles. The van der Waals surface area contributed by atoms with Crippen molar-refractivity contribution in [3.8, 4) is 0 Å². The third-order valence-electron chi connectivity index (χ3n) is 3.59. The number of piperidine rings is 1. The van der Waals surface area contributed by atoms with E-state index in [-0.39, 0.29) is 18.6 Å². The van der Waals surface area contributed by atoms with Crippen molar-refractivity contribution in [2.75, 3.05) is 13.2 Å². The Labute approximate surface area is 114 Å². The van der Waals surface area contributed by atoms with Gasteiger partial charge in [0.1, 0.15) is 0 Å². The number of hydrogen-bond acceptors (Lipinski definition) is 2. The van der Waals surface area contributed by atoms with Crippen LogP contribution in [0.25, 0.3) is 6.08 Å². The second kappa shape index (κ2) is 7.10. The van der Waals surface area contributed by atoms with E-state index in [0.717, 1.165) is 31.4 Å². The molecule has 1 unspecified atom stereocenters. The van der Waals surface area contributed by atoms with Crippen molar-refractivity contribution in [2.45, 2.75) is 31.7 Å². The quantitative estimate of drug-likeness (QED) is 0.844. The van der Waals surface area contributed by atoms with Crippen LogP contribution in [-0.4, -0.2) is 35.1 Å². The Morgan fingerprint density at radius 2 is 2.11 bits per heavy atom. The van der Waals surface area contributed by atoms with Gasteiger partial charge in [-0.25, -0.2) is 0 Å². The predicted octanol–water partition coefficient (Wildman–Crippen LogP) is 2.46. The average molecular weight is 259 g/mol. The van der Waals surface area contributed by atoms with E-state index in [1.54, 1.807) is 6.08 Å². The molecule has 2 rings (SSSR count). The van der Waals surface area contributed by atoms with Crippen LogP contribution in [0.5, 0.6) is 0 Å². The van der Waals surface area contributed by atoms with Gasteiger partial charge in [0.05, 0.1) is 0 Å². The Hall–Kier alpha value is -1.61. The maximum atomic E-state index is 12.2. The molecular formula is C16H21NO2. The van der Waals surface area contributed by atoms with E-state index in [9.17, 15) is 4.79 Å². The zero-order valence-electron chi connectivity index (χ0n) is 11.2. The smallest absolute Gasteiger partial charge is 0.246 e. The third kappa shape index (κ3) is 3.93. The number of carbonyl (C=O) groups is 1. The van der Waals surface area contributed by atoms with Gasteiger partial charge in [0.2, 0.25) is 5.91 Å². The normalized spacial score (nSPS) is 19.8. The molecule has 1 fully saturated rings. The molecular weight excluding hydrogens is 238 g/mol. The Bertz CT molecular complexity index is 426. The van der Waals surface area contributed by atoms with Gasteiger partial charge in [0.15, 0.2) is 0 Å². The zero-order valence-corrected chi connectivity index (χ0v) is 11.2. The Kier molecular flexibility index (Phi) is 5.16. The fourth-order valence-corrected chi connectivity index (χ4v) is 2.57. The monoisotopic (exact) mass is 259 g/mol. The van der Waals surface area contributed by atoms with E-state index in [0.29, 0.717) is 6.42 Å². The van der Waals surface area contributed by atoms with E-state index >= 15 is 0 Å². The van der Waals surface area contributed by atoms with Crippen molar-refractivity contribution in [3.05, 3.63) is 42.0 Å². The van der Waals surface area contributed by atoms with Crippen LogP contribution in [0.3, 0.4) is 0 Å². The molecule has 102 valence electrons. The van der Waals surface area contributed by atoms with Crippen LogP contribution >= 0.6 is 0 Å². The second-order valence-corrected chi connectivity index (χ2v) is 4.94. The molecule has 1 aliphatic heterocycles. The van der Waals surface area contributed by atoms with Crippen molar-refractivity contribution in [1.29, 1.82) is 0 Å². The molecule has 1 aromatic rings. The lowest BCUT2D eigenvalue weighted by Crippen LogP contribution is -2.43. The van der Waals surface area contributed by atoms with E-state index in [2.05, 4.69) is 0 Å². The molecule has 0 bridgehead atoms. The molecule has 1 heterocycles. The number of amides is 1. The third-order valence-corrected chi connectivity index (χ3v) is 3.59. The van der Waals surface area contributed by atoms with Gasteiger partial charge in [-0.05, 0) is 37.3 Å². The number of hydrogen-bond donors (Lipinski definition) is 1. The summed E-state index contributed by atoms with van der Waals surface area (Å²) in [6.07, 6.45) is 7.40. The summed E-state index contributed by atoms with van der Waals surface area (Å²) < 4.78 is 0. The topological polar surface area (TPSA) is 40.5 Å². The maximum Gasteiger partial charge on any atom is 0.246 e.